The highest BCUT2D eigenvalue weighted by Gasteiger charge is 2.28. The monoisotopic (exact) mass is 600 g/mol. The van der Waals surface area contributed by atoms with E-state index in [1.807, 2.05) is 6.55 Å². The van der Waals surface area contributed by atoms with Crippen LogP contribution in [0.25, 0.3) is 0 Å². The lowest BCUT2D eigenvalue weighted by molar-refractivity contribution is 1.81. The third-order valence-corrected chi connectivity index (χ3v) is 14.4. The van der Waals surface area contributed by atoms with E-state index in [9.17, 15) is 0 Å². The summed E-state index contributed by atoms with van der Waals surface area (Å²) in [4.78, 5) is 0. The molecule has 0 atom stereocenters. The zero-order valence-electron chi connectivity index (χ0n) is 24.9. The van der Waals surface area contributed by atoms with E-state index in [0.717, 1.165) is 0 Å². The predicted octanol–water partition coefficient (Wildman–Crippen LogP) is 6.80. The number of halogens is 1. The molecular weight excluding hydrogens is 556 g/mol. The Hall–Kier alpha value is -0.832. The van der Waals surface area contributed by atoms with Gasteiger partial charge in [-0.2, -0.15) is 0 Å². The van der Waals surface area contributed by atoms with Crippen LogP contribution < -0.4 is 0 Å². The molecule has 0 aromatic rings. The van der Waals surface area contributed by atoms with Crippen molar-refractivity contribution in [3.05, 3.63) is 0 Å². The summed E-state index contributed by atoms with van der Waals surface area (Å²) in [5.41, 5.74) is 42.1. The summed E-state index contributed by atoms with van der Waals surface area (Å²) in [5, 5.41) is 0. The summed E-state index contributed by atoms with van der Waals surface area (Å²) in [5.74, 6) is 0. The molecule has 0 unspecified atom stereocenters. The average molecular weight is 602 g/mol. The van der Waals surface area contributed by atoms with Crippen LogP contribution in [-0.4, -0.2) is 55.8 Å². The maximum Gasteiger partial charge on any atom is 0.303 e. The topological polar surface area (TPSA) is 0 Å². The molecule has 0 aliphatic rings. The maximum atomic E-state index is 6.99. The second-order valence-corrected chi connectivity index (χ2v) is 43.5. The van der Waals surface area contributed by atoms with Crippen molar-refractivity contribution in [1.29, 1.82) is 0 Å². The molecule has 0 nitrogen and oxygen atoms in total. The smallest absolute Gasteiger partial charge is 0.137 e. The van der Waals surface area contributed by atoms with Crippen LogP contribution >= 0.6 is 11.1 Å². The molecule has 0 heterocycles. The van der Waals surface area contributed by atoms with E-state index in [2.05, 4.69) is 158 Å². The van der Waals surface area contributed by atoms with Gasteiger partial charge in [0.25, 0.3) is 16.1 Å². The highest BCUT2D eigenvalue weighted by Crippen LogP contribution is 2.11. The van der Waals surface area contributed by atoms with Gasteiger partial charge in [0.15, 0.2) is 0 Å². The van der Waals surface area contributed by atoms with E-state index < -0.39 is 55.8 Å². The third-order valence-electron chi connectivity index (χ3n) is 3.84. The molecule has 8 heteroatoms. The Bertz CT molecular complexity index is 1010. The van der Waals surface area contributed by atoms with E-state index in [1.54, 1.807) is 0 Å². The number of hydrogen-bond acceptors (Lipinski definition) is 0. The lowest BCUT2D eigenvalue weighted by Gasteiger charge is -2.13. The van der Waals surface area contributed by atoms with Crippen LogP contribution in [0.3, 0.4) is 0 Å². The van der Waals surface area contributed by atoms with Crippen molar-refractivity contribution in [2.24, 2.45) is 0 Å². The van der Waals surface area contributed by atoms with Crippen molar-refractivity contribution < 1.29 is 0 Å². The standard InChI is InChI=1S/C27H45ClSi7/c1-29(2,3)16-20-33(13,21-17-30(4,5)6)24-26-35(15,28)27-25-34(14,22-18-31(7,8)9)23-19-32(10,11)12/h1-15H3. The molecule has 35 heavy (non-hydrogen) atoms. The van der Waals surface area contributed by atoms with Gasteiger partial charge in [0, 0.05) is 0 Å². The predicted molar refractivity (Wildman–Crippen MR) is 181 cm³/mol. The lowest BCUT2D eigenvalue weighted by atomic mass is 11.3. The molecule has 0 aromatic heterocycles. The number of rotatable bonds is 0. The summed E-state index contributed by atoms with van der Waals surface area (Å²) < 4.78 is 0. The first-order valence-corrected chi connectivity index (χ1v) is 34.7. The van der Waals surface area contributed by atoms with E-state index in [-0.39, 0.29) is 0 Å². The Balaban J connectivity index is 6.63. The minimum absolute atomic E-state index is 1.52. The van der Waals surface area contributed by atoms with Crippen molar-refractivity contribution >= 4 is 66.9 Å². The third kappa shape index (κ3) is 19.0. The van der Waals surface area contributed by atoms with E-state index in [1.165, 1.54) is 0 Å². The fraction of sp³-hybridized carbons (Fsp3) is 0.556. The molecule has 0 saturated carbocycles. The van der Waals surface area contributed by atoms with Crippen molar-refractivity contribution in [3.63, 3.8) is 0 Å². The van der Waals surface area contributed by atoms with E-state index in [0.29, 0.717) is 0 Å². The van der Waals surface area contributed by atoms with Crippen LogP contribution in [0.1, 0.15) is 0 Å². The first-order chi connectivity index (χ1) is 15.2. The van der Waals surface area contributed by atoms with E-state index >= 15 is 0 Å². The molecular formula is C27H45ClSi7. The molecule has 0 fully saturated rings. The first-order valence-electron chi connectivity index (χ1n) is 12.2. The molecule has 0 saturated heterocycles. The highest BCUT2D eigenvalue weighted by atomic mass is 35.6. The van der Waals surface area contributed by atoms with Gasteiger partial charge in [0.2, 0.25) is 0 Å². The summed E-state index contributed by atoms with van der Waals surface area (Å²) >= 11 is 6.99. The molecule has 0 amide bonds. The normalized spacial score (nSPS) is 12.3. The molecule has 0 spiro atoms. The second-order valence-electron chi connectivity index (χ2n) is 13.8. The largest absolute Gasteiger partial charge is 0.303 e. The van der Waals surface area contributed by atoms with Gasteiger partial charge in [-0.15, -0.1) is 77.6 Å². The molecule has 0 aliphatic carbocycles. The van der Waals surface area contributed by atoms with Crippen LogP contribution in [0.15, 0.2) is 0 Å². The zero-order chi connectivity index (χ0) is 28.0. The minimum Gasteiger partial charge on any atom is -0.137 e. The molecule has 0 N–H and O–H groups in total. The SMILES string of the molecule is C[Si](C)(C)C#C[Si](C)(C#C[Si](C)(C)C)C#C[Si](C)(Cl)C#C[Si](C)(C#C[Si](C)(C)C)C#C[Si](C)(C)C. The van der Waals surface area contributed by atoms with Gasteiger partial charge in [-0.1, -0.05) is 78.6 Å². The molecule has 0 aromatic carbocycles. The number of hydrogen-bond donors (Lipinski definition) is 0. The van der Waals surface area contributed by atoms with Crippen molar-refractivity contribution in [3.8, 4) is 66.5 Å². The minimum atomic E-state index is -2.63. The molecule has 0 bridgehead atoms. The van der Waals surface area contributed by atoms with Crippen LogP contribution in [0.4, 0.5) is 0 Å². The summed E-state index contributed by atoms with van der Waals surface area (Å²) in [6, 6.07) is 0. The summed E-state index contributed by atoms with van der Waals surface area (Å²) in [6.07, 6.45) is 0. The van der Waals surface area contributed by atoms with Crippen LogP contribution in [-0.2, 0) is 0 Å². The molecule has 0 radical (unpaired) electrons. The van der Waals surface area contributed by atoms with Gasteiger partial charge in [0.05, 0.1) is 0 Å². The maximum absolute atomic E-state index is 6.99. The van der Waals surface area contributed by atoms with Gasteiger partial charge in [-0.25, -0.2) is 0 Å². The van der Waals surface area contributed by atoms with E-state index in [4.69, 9.17) is 11.1 Å². The zero-order valence-corrected chi connectivity index (χ0v) is 32.6. The lowest BCUT2D eigenvalue weighted by Crippen LogP contribution is -2.32. The van der Waals surface area contributed by atoms with Gasteiger partial charge >= 0.3 is 7.38 Å². The van der Waals surface area contributed by atoms with Gasteiger partial charge < -0.3 is 0 Å². The van der Waals surface area contributed by atoms with Crippen LogP contribution in [0.5, 0.6) is 0 Å². The highest BCUT2D eigenvalue weighted by molar-refractivity contribution is 7.29. The Kier molecular flexibility index (Phi) is 11.9. The fourth-order valence-corrected chi connectivity index (χ4v) is 17.1. The van der Waals surface area contributed by atoms with Crippen molar-refractivity contribution in [1.82, 2.24) is 0 Å². The fourth-order valence-electron chi connectivity index (χ4n) is 1.95. The Morgan fingerprint density at radius 3 is 0.629 bits per heavy atom. The van der Waals surface area contributed by atoms with Gasteiger partial charge in [0.1, 0.15) is 32.3 Å². The Morgan fingerprint density at radius 2 is 0.457 bits per heavy atom. The molecule has 0 rings (SSSR count). The van der Waals surface area contributed by atoms with Crippen molar-refractivity contribution in [2.75, 3.05) is 0 Å². The summed E-state index contributed by atoms with van der Waals surface area (Å²) in [6.45, 7) is 33.4. The van der Waals surface area contributed by atoms with Gasteiger partial charge in [-0.3, -0.25) is 0 Å². The van der Waals surface area contributed by atoms with Crippen molar-refractivity contribution in [2.45, 2.75) is 98.2 Å². The average Bonchev–Trinajstić information content (AvgIpc) is 2.63. The Labute approximate surface area is 230 Å². The summed E-state index contributed by atoms with van der Waals surface area (Å²) in [7, 11) is -13.5. The van der Waals surface area contributed by atoms with Crippen LogP contribution in [0.2, 0.25) is 98.2 Å². The molecule has 188 valence electrons. The van der Waals surface area contributed by atoms with Crippen LogP contribution in [0, 0.1) is 66.5 Å². The first kappa shape index (κ1) is 34.2. The Morgan fingerprint density at radius 1 is 0.286 bits per heavy atom. The molecule has 0 aliphatic heterocycles. The second kappa shape index (κ2) is 12.1. The quantitative estimate of drug-likeness (QED) is 0.163. The van der Waals surface area contributed by atoms with Gasteiger partial charge in [-0.05, 0) is 19.6 Å².